The van der Waals surface area contributed by atoms with Gasteiger partial charge in [-0.3, -0.25) is 0 Å². The van der Waals surface area contributed by atoms with Crippen LogP contribution in [0.3, 0.4) is 0 Å². The van der Waals surface area contributed by atoms with Crippen molar-refractivity contribution in [3.8, 4) is 0 Å². The van der Waals surface area contributed by atoms with Crippen molar-refractivity contribution in [3.05, 3.63) is 0 Å². The molecule has 0 bridgehead atoms. The van der Waals surface area contributed by atoms with Crippen LogP contribution in [0.2, 0.25) is 0 Å². The van der Waals surface area contributed by atoms with Gasteiger partial charge in [0.05, 0.1) is 12.7 Å². The summed E-state index contributed by atoms with van der Waals surface area (Å²) in [6, 6.07) is 0. The van der Waals surface area contributed by atoms with Gasteiger partial charge in [0.15, 0.2) is 5.56 Å². The SMILES string of the molecule is O[C@@H]1CCO[C@H]1Cl. The maximum atomic E-state index is 8.74. The highest BCUT2D eigenvalue weighted by atomic mass is 35.5. The third kappa shape index (κ3) is 1.06. The summed E-state index contributed by atoms with van der Waals surface area (Å²) in [6.07, 6.45) is 0.232. The van der Waals surface area contributed by atoms with Gasteiger partial charge in [-0.05, 0) is 0 Å². The third-order valence-corrected chi connectivity index (χ3v) is 1.41. The van der Waals surface area contributed by atoms with E-state index in [1.54, 1.807) is 0 Å². The first-order chi connectivity index (χ1) is 3.30. The first-order valence-electron chi connectivity index (χ1n) is 2.24. The maximum absolute atomic E-state index is 8.74. The van der Waals surface area contributed by atoms with Gasteiger partial charge < -0.3 is 9.84 Å². The van der Waals surface area contributed by atoms with Crippen molar-refractivity contribution in [1.82, 2.24) is 0 Å². The smallest absolute Gasteiger partial charge is 0.156 e. The highest BCUT2D eigenvalue weighted by molar-refractivity contribution is 6.20. The monoisotopic (exact) mass is 122 g/mol. The van der Waals surface area contributed by atoms with Crippen LogP contribution in [0.25, 0.3) is 0 Å². The third-order valence-electron chi connectivity index (χ3n) is 0.993. The second-order valence-electron chi connectivity index (χ2n) is 1.58. The van der Waals surface area contributed by atoms with Crippen LogP contribution < -0.4 is 0 Å². The summed E-state index contributed by atoms with van der Waals surface area (Å²) in [4.78, 5) is 0. The number of hydrogen-bond acceptors (Lipinski definition) is 2. The molecule has 0 amide bonds. The number of ether oxygens (including phenoxy) is 1. The zero-order valence-electron chi connectivity index (χ0n) is 3.80. The number of aliphatic hydroxyl groups is 1. The molecule has 1 N–H and O–H groups in total. The average Bonchev–Trinajstić information content (AvgIpc) is 1.91. The Morgan fingerprint density at radius 2 is 2.43 bits per heavy atom. The minimum atomic E-state index is -0.458. The van der Waals surface area contributed by atoms with Gasteiger partial charge >= 0.3 is 0 Å². The topological polar surface area (TPSA) is 29.5 Å². The summed E-state index contributed by atoms with van der Waals surface area (Å²) >= 11 is 5.39. The standard InChI is InChI=1S/C4H7ClO2/c5-4-3(6)1-2-7-4/h3-4,6H,1-2H2/t3-,4-/m1/s1. The predicted octanol–water partition coefficient (Wildman–Crippen LogP) is 0.333. The van der Waals surface area contributed by atoms with Crippen molar-refractivity contribution in [2.24, 2.45) is 0 Å². The van der Waals surface area contributed by atoms with E-state index < -0.39 is 11.7 Å². The number of halogens is 1. The first kappa shape index (κ1) is 5.35. The lowest BCUT2D eigenvalue weighted by Gasteiger charge is -2.00. The van der Waals surface area contributed by atoms with Crippen molar-refractivity contribution in [2.45, 2.75) is 18.1 Å². The fraction of sp³-hybridized carbons (Fsp3) is 1.00. The van der Waals surface area contributed by atoms with Crippen LogP contribution in [0.4, 0.5) is 0 Å². The molecule has 7 heavy (non-hydrogen) atoms. The Morgan fingerprint density at radius 3 is 2.57 bits per heavy atom. The van der Waals surface area contributed by atoms with E-state index in [9.17, 15) is 0 Å². The van der Waals surface area contributed by atoms with Crippen molar-refractivity contribution < 1.29 is 9.84 Å². The Hall–Kier alpha value is 0.210. The van der Waals surface area contributed by atoms with Gasteiger partial charge in [0, 0.05) is 6.42 Å². The highest BCUT2D eigenvalue weighted by Crippen LogP contribution is 2.15. The lowest BCUT2D eigenvalue weighted by molar-refractivity contribution is 0.0972. The summed E-state index contributed by atoms with van der Waals surface area (Å²) in [5, 5.41) is 8.74. The number of rotatable bonds is 0. The molecule has 0 aromatic heterocycles. The molecule has 42 valence electrons. The van der Waals surface area contributed by atoms with Gasteiger partial charge in [-0.1, -0.05) is 11.6 Å². The molecule has 1 rings (SSSR count). The molecule has 0 aromatic rings. The molecule has 0 aliphatic carbocycles. The van der Waals surface area contributed by atoms with Crippen LogP contribution >= 0.6 is 11.6 Å². The Morgan fingerprint density at radius 1 is 1.71 bits per heavy atom. The molecule has 0 unspecified atom stereocenters. The normalized spacial score (nSPS) is 42.0. The van der Waals surface area contributed by atoms with E-state index in [4.69, 9.17) is 21.4 Å². The molecule has 2 atom stereocenters. The van der Waals surface area contributed by atoms with Crippen molar-refractivity contribution in [3.63, 3.8) is 0 Å². The van der Waals surface area contributed by atoms with E-state index in [0.717, 1.165) is 0 Å². The van der Waals surface area contributed by atoms with E-state index in [1.165, 1.54) is 0 Å². The molecule has 0 spiro atoms. The van der Waals surface area contributed by atoms with E-state index in [-0.39, 0.29) is 0 Å². The first-order valence-corrected chi connectivity index (χ1v) is 2.68. The number of alkyl halides is 1. The number of hydrogen-bond donors (Lipinski definition) is 1. The Bertz CT molecular complexity index is 58.7. The van der Waals surface area contributed by atoms with Gasteiger partial charge in [-0.15, -0.1) is 0 Å². The zero-order valence-corrected chi connectivity index (χ0v) is 4.56. The van der Waals surface area contributed by atoms with Crippen molar-refractivity contribution in [2.75, 3.05) is 6.61 Å². The van der Waals surface area contributed by atoms with E-state index in [1.807, 2.05) is 0 Å². The summed E-state index contributed by atoms with van der Waals surface area (Å²) in [6.45, 7) is 0.593. The van der Waals surface area contributed by atoms with Gasteiger partial charge in [-0.25, -0.2) is 0 Å². The molecule has 2 nitrogen and oxygen atoms in total. The Balaban J connectivity index is 2.33. The lowest BCUT2D eigenvalue weighted by atomic mass is 10.3. The van der Waals surface area contributed by atoms with E-state index in [0.29, 0.717) is 13.0 Å². The molecule has 0 aromatic carbocycles. The van der Waals surface area contributed by atoms with Crippen LogP contribution in [-0.4, -0.2) is 23.4 Å². The molecule has 1 heterocycles. The average molecular weight is 123 g/mol. The van der Waals surface area contributed by atoms with Crippen LogP contribution in [0.5, 0.6) is 0 Å². The molecular formula is C4H7ClO2. The fourth-order valence-corrected chi connectivity index (χ4v) is 0.759. The van der Waals surface area contributed by atoms with Crippen molar-refractivity contribution in [1.29, 1.82) is 0 Å². The number of aliphatic hydroxyl groups excluding tert-OH is 1. The molecule has 1 fully saturated rings. The Kier molecular flexibility index (Phi) is 1.52. The maximum Gasteiger partial charge on any atom is 0.156 e. The summed E-state index contributed by atoms with van der Waals surface area (Å²) in [5.74, 6) is 0. The van der Waals surface area contributed by atoms with E-state index in [2.05, 4.69) is 0 Å². The van der Waals surface area contributed by atoms with Crippen LogP contribution in [0.1, 0.15) is 6.42 Å². The summed E-state index contributed by atoms with van der Waals surface area (Å²) in [5.41, 5.74) is -0.458. The van der Waals surface area contributed by atoms with Crippen LogP contribution in [0.15, 0.2) is 0 Å². The molecule has 0 saturated carbocycles. The van der Waals surface area contributed by atoms with Gasteiger partial charge in [0.2, 0.25) is 0 Å². The molecule has 1 saturated heterocycles. The van der Waals surface area contributed by atoms with Gasteiger partial charge in [0.25, 0.3) is 0 Å². The quantitative estimate of drug-likeness (QED) is 0.470. The van der Waals surface area contributed by atoms with E-state index >= 15 is 0 Å². The van der Waals surface area contributed by atoms with Crippen molar-refractivity contribution >= 4 is 11.6 Å². The second-order valence-corrected chi connectivity index (χ2v) is 2.01. The molecule has 1 aliphatic rings. The zero-order chi connectivity index (χ0) is 5.28. The highest BCUT2D eigenvalue weighted by Gasteiger charge is 2.22. The molecule has 1 aliphatic heterocycles. The minimum Gasteiger partial charge on any atom is -0.389 e. The summed E-state index contributed by atoms with van der Waals surface area (Å²) < 4.78 is 4.78. The van der Waals surface area contributed by atoms with Crippen LogP contribution in [0, 0.1) is 0 Å². The largest absolute Gasteiger partial charge is 0.389 e. The summed E-state index contributed by atoms with van der Waals surface area (Å²) in [7, 11) is 0. The van der Waals surface area contributed by atoms with Gasteiger partial charge in [-0.2, -0.15) is 0 Å². The van der Waals surface area contributed by atoms with Crippen LogP contribution in [-0.2, 0) is 4.74 Å². The predicted molar refractivity (Wildman–Crippen MR) is 26.2 cm³/mol. The molecular weight excluding hydrogens is 115 g/mol. The fourth-order valence-electron chi connectivity index (χ4n) is 0.543. The Labute approximate surface area is 47.0 Å². The minimum absolute atomic E-state index is 0.443. The second kappa shape index (κ2) is 1.99. The molecule has 3 heteroatoms. The molecule has 0 radical (unpaired) electrons. The lowest BCUT2D eigenvalue weighted by Crippen LogP contribution is -2.12. The van der Waals surface area contributed by atoms with Gasteiger partial charge in [0.1, 0.15) is 0 Å².